The zero-order valence-electron chi connectivity index (χ0n) is 12.6. The molecule has 0 atom stereocenters. The summed E-state index contributed by atoms with van der Waals surface area (Å²) in [6, 6.07) is 0. The van der Waals surface area contributed by atoms with Crippen molar-refractivity contribution in [2.24, 2.45) is 0 Å². The van der Waals surface area contributed by atoms with Crippen LogP contribution in [0, 0.1) is 0 Å². The summed E-state index contributed by atoms with van der Waals surface area (Å²) in [5.74, 6) is 1.88. The largest absolute Gasteiger partial charge is 0.370 e. The summed E-state index contributed by atoms with van der Waals surface area (Å²) in [7, 11) is 0. The minimum absolute atomic E-state index is 0.858. The van der Waals surface area contributed by atoms with Gasteiger partial charge in [0, 0.05) is 31.0 Å². The number of nitrogens with one attached hydrogen (secondary N) is 1. The SMILES string of the molecule is CCCc1c(NCC)ncnc1-c1nccn1CCC. The normalized spacial score (nSPS) is 10.8. The molecule has 0 saturated carbocycles. The number of aromatic nitrogens is 4. The summed E-state index contributed by atoms with van der Waals surface area (Å²) in [6.45, 7) is 8.24. The van der Waals surface area contributed by atoms with Gasteiger partial charge in [0.1, 0.15) is 17.8 Å². The van der Waals surface area contributed by atoms with Gasteiger partial charge in [-0.25, -0.2) is 15.0 Å². The molecule has 5 nitrogen and oxygen atoms in total. The van der Waals surface area contributed by atoms with Gasteiger partial charge in [-0.3, -0.25) is 0 Å². The van der Waals surface area contributed by atoms with Crippen molar-refractivity contribution >= 4 is 5.82 Å². The fourth-order valence-corrected chi connectivity index (χ4v) is 2.36. The van der Waals surface area contributed by atoms with Gasteiger partial charge in [0.25, 0.3) is 0 Å². The zero-order chi connectivity index (χ0) is 14.4. The summed E-state index contributed by atoms with van der Waals surface area (Å²) in [5.41, 5.74) is 2.12. The van der Waals surface area contributed by atoms with E-state index in [0.717, 1.165) is 49.7 Å². The molecule has 0 fully saturated rings. The quantitative estimate of drug-likeness (QED) is 0.842. The second kappa shape index (κ2) is 7.03. The van der Waals surface area contributed by atoms with Crippen LogP contribution >= 0.6 is 0 Å². The van der Waals surface area contributed by atoms with Crippen molar-refractivity contribution in [2.75, 3.05) is 11.9 Å². The number of rotatable bonds is 7. The highest BCUT2D eigenvalue weighted by atomic mass is 15.1. The van der Waals surface area contributed by atoms with E-state index >= 15 is 0 Å². The maximum absolute atomic E-state index is 4.49. The second-order valence-electron chi connectivity index (χ2n) is 4.77. The van der Waals surface area contributed by atoms with Gasteiger partial charge in [0.2, 0.25) is 0 Å². The smallest absolute Gasteiger partial charge is 0.159 e. The highest BCUT2D eigenvalue weighted by Gasteiger charge is 2.15. The first-order valence-corrected chi connectivity index (χ1v) is 7.41. The Hall–Kier alpha value is -1.91. The average Bonchev–Trinajstić information content (AvgIpc) is 2.90. The van der Waals surface area contributed by atoms with Gasteiger partial charge < -0.3 is 9.88 Å². The molecule has 2 heterocycles. The number of aryl methyl sites for hydroxylation is 1. The van der Waals surface area contributed by atoms with Crippen LogP contribution in [0.5, 0.6) is 0 Å². The molecule has 0 saturated heterocycles. The third-order valence-corrected chi connectivity index (χ3v) is 3.18. The molecule has 0 aliphatic carbocycles. The summed E-state index contributed by atoms with van der Waals surface area (Å²) in [5, 5.41) is 3.33. The molecule has 108 valence electrons. The predicted molar refractivity (Wildman–Crippen MR) is 81.7 cm³/mol. The van der Waals surface area contributed by atoms with Crippen LogP contribution < -0.4 is 5.32 Å². The second-order valence-corrected chi connectivity index (χ2v) is 4.77. The van der Waals surface area contributed by atoms with E-state index in [-0.39, 0.29) is 0 Å². The van der Waals surface area contributed by atoms with Crippen molar-refractivity contribution in [1.29, 1.82) is 0 Å². The van der Waals surface area contributed by atoms with Crippen molar-refractivity contribution in [3.8, 4) is 11.5 Å². The standard InChI is InChI=1S/C15H23N5/c1-4-7-12-13(18-11-19-14(12)16-6-3)15-17-8-10-20(15)9-5-2/h8,10-11H,4-7,9H2,1-3H3,(H,16,18,19). The topological polar surface area (TPSA) is 55.6 Å². The van der Waals surface area contributed by atoms with Crippen LogP contribution in [-0.2, 0) is 13.0 Å². The van der Waals surface area contributed by atoms with Crippen molar-refractivity contribution in [2.45, 2.75) is 46.6 Å². The van der Waals surface area contributed by atoms with Crippen molar-refractivity contribution in [3.05, 3.63) is 24.3 Å². The molecule has 1 N–H and O–H groups in total. The highest BCUT2D eigenvalue weighted by Crippen LogP contribution is 2.26. The Morgan fingerprint density at radius 2 is 1.95 bits per heavy atom. The molecule has 0 aromatic carbocycles. The monoisotopic (exact) mass is 273 g/mol. The fraction of sp³-hybridized carbons (Fsp3) is 0.533. The van der Waals surface area contributed by atoms with Crippen LogP contribution in [0.1, 0.15) is 39.2 Å². The Labute approximate surface area is 120 Å². The Balaban J connectivity index is 2.48. The van der Waals surface area contributed by atoms with E-state index in [0.29, 0.717) is 0 Å². The molecular formula is C15H23N5. The molecule has 0 aliphatic heterocycles. The van der Waals surface area contributed by atoms with Crippen molar-refractivity contribution < 1.29 is 0 Å². The molecular weight excluding hydrogens is 250 g/mol. The number of imidazole rings is 1. The highest BCUT2D eigenvalue weighted by molar-refractivity contribution is 5.63. The molecule has 0 unspecified atom stereocenters. The van der Waals surface area contributed by atoms with E-state index in [2.05, 4.69) is 45.6 Å². The molecule has 2 rings (SSSR count). The summed E-state index contributed by atoms with van der Waals surface area (Å²) in [6.07, 6.45) is 8.58. The van der Waals surface area contributed by atoms with E-state index < -0.39 is 0 Å². The summed E-state index contributed by atoms with van der Waals surface area (Å²) in [4.78, 5) is 13.4. The van der Waals surface area contributed by atoms with Gasteiger partial charge in [0.05, 0.1) is 0 Å². The number of anilines is 1. The molecule has 0 amide bonds. The van der Waals surface area contributed by atoms with E-state index in [1.165, 1.54) is 5.56 Å². The lowest BCUT2D eigenvalue weighted by molar-refractivity contribution is 0.682. The van der Waals surface area contributed by atoms with Crippen molar-refractivity contribution in [1.82, 2.24) is 19.5 Å². The molecule has 2 aromatic heterocycles. The minimum atomic E-state index is 0.858. The predicted octanol–water partition coefficient (Wildman–Crippen LogP) is 3.13. The van der Waals surface area contributed by atoms with Crippen LogP contribution in [0.25, 0.3) is 11.5 Å². The van der Waals surface area contributed by atoms with Gasteiger partial charge in [-0.1, -0.05) is 20.3 Å². The lowest BCUT2D eigenvalue weighted by Gasteiger charge is -2.14. The number of hydrogen-bond acceptors (Lipinski definition) is 4. The van der Waals surface area contributed by atoms with Crippen LogP contribution in [0.3, 0.4) is 0 Å². The van der Waals surface area contributed by atoms with Crippen LogP contribution in [0.15, 0.2) is 18.7 Å². The molecule has 2 aromatic rings. The maximum atomic E-state index is 4.49. The zero-order valence-corrected chi connectivity index (χ0v) is 12.6. The Bertz CT molecular complexity index is 547. The maximum Gasteiger partial charge on any atom is 0.159 e. The van der Waals surface area contributed by atoms with Gasteiger partial charge in [0.15, 0.2) is 5.82 Å². The molecule has 0 radical (unpaired) electrons. The molecule has 0 bridgehead atoms. The number of hydrogen-bond donors (Lipinski definition) is 1. The van der Waals surface area contributed by atoms with E-state index in [4.69, 9.17) is 0 Å². The number of nitrogens with zero attached hydrogens (tertiary/aromatic N) is 4. The van der Waals surface area contributed by atoms with E-state index in [9.17, 15) is 0 Å². The van der Waals surface area contributed by atoms with Gasteiger partial charge >= 0.3 is 0 Å². The minimum Gasteiger partial charge on any atom is -0.370 e. The Kier molecular flexibility index (Phi) is 5.09. The third kappa shape index (κ3) is 2.98. The van der Waals surface area contributed by atoms with E-state index in [1.54, 1.807) is 6.33 Å². The Morgan fingerprint density at radius 1 is 1.10 bits per heavy atom. The lowest BCUT2D eigenvalue weighted by atomic mass is 10.1. The first-order valence-electron chi connectivity index (χ1n) is 7.41. The third-order valence-electron chi connectivity index (χ3n) is 3.18. The van der Waals surface area contributed by atoms with Gasteiger partial charge in [-0.15, -0.1) is 0 Å². The van der Waals surface area contributed by atoms with Crippen molar-refractivity contribution in [3.63, 3.8) is 0 Å². The van der Waals surface area contributed by atoms with Crippen LogP contribution in [0.4, 0.5) is 5.82 Å². The average molecular weight is 273 g/mol. The van der Waals surface area contributed by atoms with Gasteiger partial charge in [-0.2, -0.15) is 0 Å². The fourth-order valence-electron chi connectivity index (χ4n) is 2.36. The van der Waals surface area contributed by atoms with Gasteiger partial charge in [-0.05, 0) is 19.8 Å². The first kappa shape index (κ1) is 14.5. The van der Waals surface area contributed by atoms with E-state index in [1.807, 2.05) is 12.4 Å². The first-order chi connectivity index (χ1) is 9.81. The Morgan fingerprint density at radius 3 is 2.65 bits per heavy atom. The molecule has 0 spiro atoms. The molecule has 5 heteroatoms. The molecule has 0 aliphatic rings. The lowest BCUT2D eigenvalue weighted by Crippen LogP contribution is -2.09. The molecule has 20 heavy (non-hydrogen) atoms. The van der Waals surface area contributed by atoms with Crippen LogP contribution in [0.2, 0.25) is 0 Å². The summed E-state index contributed by atoms with van der Waals surface area (Å²) >= 11 is 0. The van der Waals surface area contributed by atoms with Crippen LogP contribution in [-0.4, -0.2) is 26.1 Å². The summed E-state index contributed by atoms with van der Waals surface area (Å²) < 4.78 is 2.16.